The van der Waals surface area contributed by atoms with Crippen molar-refractivity contribution < 1.29 is 19.1 Å². The molecule has 0 spiro atoms. The molecule has 1 amide bonds. The van der Waals surface area contributed by atoms with Gasteiger partial charge in [-0.15, -0.1) is 11.3 Å². The third-order valence-corrected chi connectivity index (χ3v) is 4.51. The van der Waals surface area contributed by atoms with Gasteiger partial charge in [0.15, 0.2) is 12.4 Å². The molecule has 24 heavy (non-hydrogen) atoms. The predicted molar refractivity (Wildman–Crippen MR) is 91.8 cm³/mol. The van der Waals surface area contributed by atoms with Crippen molar-refractivity contribution in [3.63, 3.8) is 0 Å². The summed E-state index contributed by atoms with van der Waals surface area (Å²) >= 11 is 1.59. The van der Waals surface area contributed by atoms with Gasteiger partial charge in [-0.3, -0.25) is 9.59 Å². The third kappa shape index (κ3) is 3.94. The average Bonchev–Trinajstić information content (AvgIpc) is 3.03. The number of nitrogens with one attached hydrogen (secondary N) is 1. The van der Waals surface area contributed by atoms with E-state index in [-0.39, 0.29) is 18.3 Å². The van der Waals surface area contributed by atoms with Crippen molar-refractivity contribution in [1.29, 1.82) is 0 Å². The Morgan fingerprint density at radius 1 is 1.38 bits per heavy atom. The first kappa shape index (κ1) is 16.5. The number of hydrogen-bond acceptors (Lipinski definition) is 5. The lowest BCUT2D eigenvalue weighted by Crippen LogP contribution is -2.35. The molecular formula is C18H19NO4S. The third-order valence-electron chi connectivity index (χ3n) is 3.63. The topological polar surface area (TPSA) is 64.6 Å². The Hall–Kier alpha value is -2.34. The van der Waals surface area contributed by atoms with Crippen LogP contribution in [0.1, 0.15) is 35.5 Å². The number of thiophene rings is 1. The number of rotatable bonds is 5. The van der Waals surface area contributed by atoms with Gasteiger partial charge in [0.2, 0.25) is 0 Å². The van der Waals surface area contributed by atoms with E-state index in [1.54, 1.807) is 29.5 Å². The highest BCUT2D eigenvalue weighted by molar-refractivity contribution is 7.09. The second-order valence-corrected chi connectivity index (χ2v) is 7.30. The van der Waals surface area contributed by atoms with Gasteiger partial charge in [-0.1, -0.05) is 6.07 Å². The summed E-state index contributed by atoms with van der Waals surface area (Å²) in [5.41, 5.74) is 0.0135. The lowest BCUT2D eigenvalue weighted by atomic mass is 9.93. The molecule has 0 bridgehead atoms. The Labute approximate surface area is 144 Å². The van der Waals surface area contributed by atoms with Crippen LogP contribution < -0.4 is 14.8 Å². The fourth-order valence-corrected chi connectivity index (χ4v) is 3.16. The van der Waals surface area contributed by atoms with E-state index >= 15 is 0 Å². The van der Waals surface area contributed by atoms with E-state index in [2.05, 4.69) is 5.32 Å². The van der Waals surface area contributed by atoms with Gasteiger partial charge in [-0.2, -0.15) is 0 Å². The molecule has 1 aliphatic rings. The summed E-state index contributed by atoms with van der Waals surface area (Å²) in [7, 11) is 0. The fourth-order valence-electron chi connectivity index (χ4n) is 2.52. The quantitative estimate of drug-likeness (QED) is 0.904. The number of benzene rings is 1. The molecule has 1 aromatic heterocycles. The number of ketones is 1. The summed E-state index contributed by atoms with van der Waals surface area (Å²) in [6.45, 7) is 4.17. The maximum Gasteiger partial charge on any atom is 0.258 e. The predicted octanol–water partition coefficient (Wildman–Crippen LogP) is 3.19. The van der Waals surface area contributed by atoms with Crippen LogP contribution >= 0.6 is 11.3 Å². The summed E-state index contributed by atoms with van der Waals surface area (Å²) in [6.07, 6.45) is 0.324. The van der Waals surface area contributed by atoms with E-state index in [1.807, 2.05) is 31.4 Å². The Morgan fingerprint density at radius 2 is 2.21 bits per heavy atom. The maximum absolute atomic E-state index is 12.2. The highest BCUT2D eigenvalue weighted by Crippen LogP contribution is 2.35. The van der Waals surface area contributed by atoms with Gasteiger partial charge in [-0.25, -0.2) is 0 Å². The normalized spacial score (nSPS) is 15.3. The zero-order valence-corrected chi connectivity index (χ0v) is 14.4. The molecule has 2 aromatic rings. The second-order valence-electron chi connectivity index (χ2n) is 6.26. The highest BCUT2D eigenvalue weighted by Gasteiger charge is 2.32. The van der Waals surface area contributed by atoms with Crippen LogP contribution in [-0.2, 0) is 11.3 Å². The van der Waals surface area contributed by atoms with Crippen molar-refractivity contribution in [3.05, 3.63) is 46.2 Å². The number of carbonyl (C=O) groups excluding carboxylic acids is 2. The Morgan fingerprint density at radius 3 is 2.96 bits per heavy atom. The zero-order chi connectivity index (χ0) is 17.2. The SMILES string of the molecule is CC1(C)CC(=O)c2cc(OCC(=O)NCc3cccs3)ccc2O1. The molecule has 1 N–H and O–H groups in total. The van der Waals surface area contributed by atoms with Crippen molar-refractivity contribution in [1.82, 2.24) is 5.32 Å². The monoisotopic (exact) mass is 345 g/mol. The molecule has 126 valence electrons. The molecule has 0 radical (unpaired) electrons. The minimum Gasteiger partial charge on any atom is -0.487 e. The molecule has 1 aromatic carbocycles. The van der Waals surface area contributed by atoms with Crippen LogP contribution in [0.25, 0.3) is 0 Å². The van der Waals surface area contributed by atoms with Crippen LogP contribution in [-0.4, -0.2) is 23.9 Å². The summed E-state index contributed by atoms with van der Waals surface area (Å²) in [6, 6.07) is 8.96. The molecule has 3 rings (SSSR count). The largest absolute Gasteiger partial charge is 0.487 e. The Bertz CT molecular complexity index is 752. The molecule has 5 nitrogen and oxygen atoms in total. The van der Waals surface area contributed by atoms with E-state index in [4.69, 9.17) is 9.47 Å². The van der Waals surface area contributed by atoms with Crippen LogP contribution in [0.2, 0.25) is 0 Å². The molecule has 0 unspecified atom stereocenters. The molecule has 1 aliphatic heterocycles. The van der Waals surface area contributed by atoms with Crippen molar-refractivity contribution in [2.24, 2.45) is 0 Å². The Balaban J connectivity index is 1.57. The van der Waals surface area contributed by atoms with Crippen molar-refractivity contribution in [3.8, 4) is 11.5 Å². The number of Topliss-reactive ketones (excluding diaryl/α,β-unsaturated/α-hetero) is 1. The van der Waals surface area contributed by atoms with Crippen molar-refractivity contribution in [2.45, 2.75) is 32.4 Å². The van der Waals surface area contributed by atoms with E-state index in [1.165, 1.54) is 0 Å². The van der Waals surface area contributed by atoms with Gasteiger partial charge in [0.1, 0.15) is 17.1 Å². The van der Waals surface area contributed by atoms with Gasteiger partial charge in [0.05, 0.1) is 18.5 Å². The summed E-state index contributed by atoms with van der Waals surface area (Å²) in [4.78, 5) is 25.1. The summed E-state index contributed by atoms with van der Waals surface area (Å²) in [5.74, 6) is 0.862. The molecule has 0 aliphatic carbocycles. The van der Waals surface area contributed by atoms with Gasteiger partial charge in [-0.05, 0) is 43.5 Å². The van der Waals surface area contributed by atoms with Crippen molar-refractivity contribution in [2.75, 3.05) is 6.61 Å². The minimum absolute atomic E-state index is 0.0221. The molecule has 2 heterocycles. The molecule has 6 heteroatoms. The standard InChI is InChI=1S/C18H19NO4S/c1-18(2)9-15(20)14-8-12(5-6-16(14)23-18)22-11-17(21)19-10-13-4-3-7-24-13/h3-8H,9-11H2,1-2H3,(H,19,21). The van der Waals surface area contributed by atoms with Crippen LogP contribution in [0.15, 0.2) is 35.7 Å². The van der Waals surface area contributed by atoms with Gasteiger partial charge in [0.25, 0.3) is 5.91 Å². The molecule has 0 atom stereocenters. The first-order valence-electron chi connectivity index (χ1n) is 7.71. The van der Waals surface area contributed by atoms with Gasteiger partial charge in [0, 0.05) is 4.88 Å². The second kappa shape index (κ2) is 6.65. The Kier molecular flexibility index (Phi) is 4.57. The smallest absolute Gasteiger partial charge is 0.258 e. The lowest BCUT2D eigenvalue weighted by Gasteiger charge is -2.31. The van der Waals surface area contributed by atoms with Crippen LogP contribution in [0.3, 0.4) is 0 Å². The zero-order valence-electron chi connectivity index (χ0n) is 13.6. The first-order valence-corrected chi connectivity index (χ1v) is 8.59. The minimum atomic E-state index is -0.492. The molecule has 0 saturated heterocycles. The number of hydrogen-bond donors (Lipinski definition) is 1. The molecule has 0 fully saturated rings. The van der Waals surface area contributed by atoms with E-state index in [9.17, 15) is 9.59 Å². The first-order chi connectivity index (χ1) is 11.4. The highest BCUT2D eigenvalue weighted by atomic mass is 32.1. The number of ether oxygens (including phenoxy) is 2. The summed E-state index contributed by atoms with van der Waals surface area (Å²) in [5, 5.41) is 4.76. The van der Waals surface area contributed by atoms with E-state index in [0.29, 0.717) is 30.0 Å². The maximum atomic E-state index is 12.2. The van der Waals surface area contributed by atoms with E-state index in [0.717, 1.165) is 4.88 Å². The van der Waals surface area contributed by atoms with Crippen LogP contribution in [0.4, 0.5) is 0 Å². The molecular weight excluding hydrogens is 326 g/mol. The van der Waals surface area contributed by atoms with E-state index < -0.39 is 5.60 Å². The number of carbonyl (C=O) groups is 2. The molecule has 0 saturated carbocycles. The number of fused-ring (bicyclic) bond motifs is 1. The summed E-state index contributed by atoms with van der Waals surface area (Å²) < 4.78 is 11.3. The fraction of sp³-hybridized carbons (Fsp3) is 0.333. The van der Waals surface area contributed by atoms with Crippen LogP contribution in [0.5, 0.6) is 11.5 Å². The lowest BCUT2D eigenvalue weighted by molar-refractivity contribution is -0.123. The van der Waals surface area contributed by atoms with Gasteiger partial charge < -0.3 is 14.8 Å². The van der Waals surface area contributed by atoms with Gasteiger partial charge >= 0.3 is 0 Å². The van der Waals surface area contributed by atoms with Crippen LogP contribution in [0, 0.1) is 0 Å². The number of amides is 1. The van der Waals surface area contributed by atoms with Crippen molar-refractivity contribution >= 4 is 23.0 Å². The average molecular weight is 345 g/mol.